The van der Waals surface area contributed by atoms with Gasteiger partial charge in [0, 0.05) is 42.3 Å². The molecule has 0 amide bonds. The van der Waals surface area contributed by atoms with Crippen LogP contribution in [0.4, 0.5) is 19.1 Å². The van der Waals surface area contributed by atoms with Gasteiger partial charge >= 0.3 is 6.18 Å². The van der Waals surface area contributed by atoms with Gasteiger partial charge in [-0.25, -0.2) is 14.5 Å². The molecular formula is C17H14F3N7. The highest BCUT2D eigenvalue weighted by molar-refractivity contribution is 5.92. The minimum Gasteiger partial charge on any atom is -0.353 e. The molecule has 138 valence electrons. The number of hydrogen-bond acceptors (Lipinski definition) is 5. The summed E-state index contributed by atoms with van der Waals surface area (Å²) in [4.78, 5) is 15.7. The number of hydrogen-bond donors (Lipinski definition) is 2. The molecule has 4 aromatic rings. The fraction of sp³-hybridized carbons (Fsp3) is 0.294. The number of anilines is 1. The maximum atomic E-state index is 13.0. The molecule has 1 aliphatic carbocycles. The molecule has 27 heavy (non-hydrogen) atoms. The van der Waals surface area contributed by atoms with E-state index in [-0.39, 0.29) is 25.3 Å². The van der Waals surface area contributed by atoms with Gasteiger partial charge < -0.3 is 10.3 Å². The van der Waals surface area contributed by atoms with Crippen molar-refractivity contribution < 1.29 is 13.2 Å². The van der Waals surface area contributed by atoms with Crippen LogP contribution in [0.3, 0.4) is 0 Å². The minimum absolute atomic E-state index is 0.140. The van der Waals surface area contributed by atoms with Gasteiger partial charge in [0.25, 0.3) is 0 Å². The van der Waals surface area contributed by atoms with Gasteiger partial charge in [-0.2, -0.15) is 23.3 Å². The lowest BCUT2D eigenvalue weighted by Gasteiger charge is -2.19. The maximum absolute atomic E-state index is 13.0. The van der Waals surface area contributed by atoms with Crippen LogP contribution in [0.5, 0.6) is 0 Å². The lowest BCUT2D eigenvalue weighted by atomic mass is 10.1. The second kappa shape index (κ2) is 5.41. The summed E-state index contributed by atoms with van der Waals surface area (Å²) < 4.78 is 40.8. The zero-order chi connectivity index (χ0) is 18.6. The van der Waals surface area contributed by atoms with E-state index < -0.39 is 11.6 Å². The van der Waals surface area contributed by atoms with Gasteiger partial charge in [0.1, 0.15) is 5.65 Å². The van der Waals surface area contributed by atoms with Gasteiger partial charge in [-0.05, 0) is 25.0 Å². The van der Waals surface area contributed by atoms with Crippen molar-refractivity contribution in [2.75, 3.05) is 11.9 Å². The maximum Gasteiger partial charge on any atom is 0.396 e. The van der Waals surface area contributed by atoms with Gasteiger partial charge in [0.05, 0.1) is 11.1 Å². The number of alkyl halides is 3. The first kappa shape index (κ1) is 16.0. The Balaban J connectivity index is 1.43. The molecular weight excluding hydrogens is 359 g/mol. The van der Waals surface area contributed by atoms with Crippen LogP contribution in [-0.4, -0.2) is 42.3 Å². The number of fused-ring (bicyclic) bond motifs is 2. The largest absolute Gasteiger partial charge is 0.396 e. The Bertz CT molecular complexity index is 1140. The second-order valence-electron chi connectivity index (χ2n) is 6.74. The number of aromatic nitrogens is 6. The number of nitrogens with one attached hydrogen (secondary N) is 2. The molecule has 0 radical (unpaired) electrons. The molecule has 4 aromatic heterocycles. The van der Waals surface area contributed by atoms with Crippen molar-refractivity contribution in [1.29, 1.82) is 0 Å². The molecule has 1 aliphatic rings. The first-order chi connectivity index (χ1) is 13.0. The van der Waals surface area contributed by atoms with E-state index in [1.807, 2.05) is 12.1 Å². The molecule has 4 heterocycles. The predicted octanol–water partition coefficient (Wildman–Crippen LogP) is 3.42. The lowest BCUT2D eigenvalue weighted by Crippen LogP contribution is -2.31. The number of halogens is 3. The molecule has 7 nitrogen and oxygen atoms in total. The summed E-state index contributed by atoms with van der Waals surface area (Å²) in [5.41, 5.74) is 1.15. The second-order valence-corrected chi connectivity index (χ2v) is 6.74. The minimum atomic E-state index is -4.21. The van der Waals surface area contributed by atoms with Crippen LogP contribution in [0, 0.1) is 5.41 Å². The molecule has 1 saturated carbocycles. The van der Waals surface area contributed by atoms with E-state index >= 15 is 0 Å². The van der Waals surface area contributed by atoms with Gasteiger partial charge in [0.15, 0.2) is 5.65 Å². The van der Waals surface area contributed by atoms with Crippen molar-refractivity contribution in [3.05, 3.63) is 36.9 Å². The van der Waals surface area contributed by atoms with Crippen molar-refractivity contribution in [3.63, 3.8) is 0 Å². The topological polar surface area (TPSA) is 83.8 Å². The fourth-order valence-electron chi connectivity index (χ4n) is 3.12. The summed E-state index contributed by atoms with van der Waals surface area (Å²) in [6, 6.07) is 3.70. The Morgan fingerprint density at radius 1 is 1.22 bits per heavy atom. The molecule has 0 aromatic carbocycles. The van der Waals surface area contributed by atoms with Gasteiger partial charge in [-0.1, -0.05) is 0 Å². The van der Waals surface area contributed by atoms with Crippen LogP contribution in [0.15, 0.2) is 36.9 Å². The standard InChI is InChI=1S/C17H14F3N7/c18-17(19,20)16(3-4-16)9-24-15-23-8-11-10(7-22-14(11)25-15)12-1-2-13-21-5-6-27(13)26-12/h1-2,5-8H,3-4,9H2,(H2,22,23,24,25). The average molecular weight is 373 g/mol. The average Bonchev–Trinajstić information content (AvgIpc) is 3.12. The third kappa shape index (κ3) is 2.59. The van der Waals surface area contributed by atoms with E-state index in [0.717, 1.165) is 16.6 Å². The van der Waals surface area contributed by atoms with Crippen LogP contribution in [-0.2, 0) is 0 Å². The molecule has 5 rings (SSSR count). The van der Waals surface area contributed by atoms with Crippen LogP contribution in [0.2, 0.25) is 0 Å². The van der Waals surface area contributed by atoms with Crippen LogP contribution in [0.25, 0.3) is 27.9 Å². The molecule has 0 atom stereocenters. The SMILES string of the molecule is FC(F)(F)C1(CNc2ncc3c(-c4ccc5nccn5n4)c[nH]c3n2)CC1. The van der Waals surface area contributed by atoms with Crippen LogP contribution >= 0.6 is 0 Å². The Kier molecular flexibility index (Phi) is 3.22. The van der Waals surface area contributed by atoms with E-state index in [1.165, 1.54) is 0 Å². The summed E-state index contributed by atoms with van der Waals surface area (Å²) in [5, 5.41) is 7.96. The fourth-order valence-corrected chi connectivity index (χ4v) is 3.12. The predicted molar refractivity (Wildman–Crippen MR) is 92.1 cm³/mol. The quantitative estimate of drug-likeness (QED) is 0.573. The van der Waals surface area contributed by atoms with E-state index in [4.69, 9.17) is 0 Å². The number of nitrogens with zero attached hydrogens (tertiary/aromatic N) is 5. The van der Waals surface area contributed by atoms with E-state index in [2.05, 4.69) is 30.4 Å². The summed E-state index contributed by atoms with van der Waals surface area (Å²) in [6.07, 6.45) is 2.83. The third-order valence-electron chi connectivity index (χ3n) is 5.00. The van der Waals surface area contributed by atoms with Crippen molar-refractivity contribution in [2.45, 2.75) is 19.0 Å². The van der Waals surface area contributed by atoms with E-state index in [9.17, 15) is 13.2 Å². The number of imidazole rings is 1. The van der Waals surface area contributed by atoms with Crippen molar-refractivity contribution in [1.82, 2.24) is 29.5 Å². The first-order valence-electron chi connectivity index (χ1n) is 8.41. The van der Waals surface area contributed by atoms with Gasteiger partial charge in [-0.3, -0.25) is 0 Å². The van der Waals surface area contributed by atoms with Gasteiger partial charge in [0.2, 0.25) is 5.95 Å². The summed E-state index contributed by atoms with van der Waals surface area (Å²) >= 11 is 0. The molecule has 0 bridgehead atoms. The molecule has 10 heteroatoms. The number of rotatable bonds is 4. The van der Waals surface area contributed by atoms with Crippen LogP contribution in [0.1, 0.15) is 12.8 Å². The van der Waals surface area contributed by atoms with Gasteiger partial charge in [-0.15, -0.1) is 0 Å². The zero-order valence-corrected chi connectivity index (χ0v) is 14.0. The van der Waals surface area contributed by atoms with Crippen molar-refractivity contribution in [2.24, 2.45) is 5.41 Å². The Labute approximate surface area is 150 Å². The van der Waals surface area contributed by atoms with Crippen LogP contribution < -0.4 is 5.32 Å². The summed E-state index contributed by atoms with van der Waals surface area (Å²) in [6.45, 7) is -0.214. The van der Waals surface area contributed by atoms with E-state index in [0.29, 0.717) is 11.3 Å². The Morgan fingerprint density at radius 3 is 2.85 bits per heavy atom. The molecule has 0 unspecified atom stereocenters. The molecule has 0 spiro atoms. The summed E-state index contributed by atoms with van der Waals surface area (Å²) in [7, 11) is 0. The smallest absolute Gasteiger partial charge is 0.353 e. The normalized spacial score (nSPS) is 16.1. The highest BCUT2D eigenvalue weighted by Crippen LogP contribution is 2.57. The molecule has 0 aliphatic heterocycles. The highest BCUT2D eigenvalue weighted by Gasteiger charge is 2.62. The third-order valence-corrected chi connectivity index (χ3v) is 5.00. The van der Waals surface area contributed by atoms with Crippen molar-refractivity contribution >= 4 is 22.6 Å². The summed E-state index contributed by atoms with van der Waals surface area (Å²) in [5.74, 6) is 0.171. The van der Waals surface area contributed by atoms with E-state index in [1.54, 1.807) is 29.3 Å². The first-order valence-corrected chi connectivity index (χ1v) is 8.41. The zero-order valence-electron chi connectivity index (χ0n) is 14.0. The number of aromatic amines is 1. The number of H-pyrrole nitrogens is 1. The molecule has 0 saturated heterocycles. The monoisotopic (exact) mass is 373 g/mol. The van der Waals surface area contributed by atoms with Crippen molar-refractivity contribution in [3.8, 4) is 11.3 Å². The molecule has 1 fully saturated rings. The Morgan fingerprint density at radius 2 is 2.07 bits per heavy atom. The Hall–Kier alpha value is -3.17. The lowest BCUT2D eigenvalue weighted by molar-refractivity contribution is -0.182. The highest BCUT2D eigenvalue weighted by atomic mass is 19.4. The molecule has 2 N–H and O–H groups in total.